The van der Waals surface area contributed by atoms with Crippen molar-refractivity contribution in [1.82, 2.24) is 24.4 Å². The Morgan fingerprint density at radius 3 is 2.49 bits per heavy atom. The highest BCUT2D eigenvalue weighted by molar-refractivity contribution is 5.93. The van der Waals surface area contributed by atoms with Gasteiger partial charge in [0.25, 0.3) is 11.8 Å². The van der Waals surface area contributed by atoms with Crippen LogP contribution in [-0.4, -0.2) is 73.1 Å². The number of hydrogen-bond donors (Lipinski definition) is 1. The topological polar surface area (TPSA) is 91.0 Å². The molecule has 3 heterocycles. The number of imidazole rings is 1. The van der Waals surface area contributed by atoms with E-state index in [1.165, 1.54) is 12.1 Å². The molecule has 1 N–H and O–H groups in total. The maximum absolute atomic E-state index is 13.4. The van der Waals surface area contributed by atoms with Crippen molar-refractivity contribution >= 4 is 17.5 Å². The maximum atomic E-state index is 13.4. The van der Waals surface area contributed by atoms with E-state index >= 15 is 0 Å². The van der Waals surface area contributed by atoms with Crippen LogP contribution in [0.1, 0.15) is 68.9 Å². The molecule has 5 rings (SSSR count). The van der Waals surface area contributed by atoms with Gasteiger partial charge in [0.05, 0.1) is 11.9 Å². The first-order valence-corrected chi connectivity index (χ1v) is 12.9. The number of benzene rings is 1. The normalized spacial score (nSPS) is 19.4. The second-order valence-corrected chi connectivity index (χ2v) is 11.6. The fraction of sp³-hybridized carbons (Fsp3) is 0.500. The van der Waals surface area contributed by atoms with Crippen LogP contribution in [0.2, 0.25) is 0 Å². The Labute approximate surface area is 216 Å². The summed E-state index contributed by atoms with van der Waals surface area (Å²) >= 11 is 0. The predicted molar refractivity (Wildman–Crippen MR) is 138 cm³/mol. The van der Waals surface area contributed by atoms with Gasteiger partial charge in [-0.25, -0.2) is 13.9 Å². The molecule has 1 saturated carbocycles. The second-order valence-electron chi connectivity index (χ2n) is 11.6. The van der Waals surface area contributed by atoms with Crippen LogP contribution in [0, 0.1) is 11.2 Å². The molecule has 2 aromatic heterocycles. The highest BCUT2D eigenvalue weighted by atomic mass is 19.1. The lowest BCUT2D eigenvalue weighted by Crippen LogP contribution is -2.57. The molecular formula is C28H34FN5O3. The Hall–Kier alpha value is -3.33. The molecule has 0 bridgehead atoms. The van der Waals surface area contributed by atoms with Crippen LogP contribution in [0.25, 0.3) is 16.9 Å². The Morgan fingerprint density at radius 1 is 1.16 bits per heavy atom. The molecule has 2 aliphatic rings. The summed E-state index contributed by atoms with van der Waals surface area (Å²) in [7, 11) is 0. The van der Waals surface area contributed by atoms with Crippen LogP contribution < -0.4 is 0 Å². The summed E-state index contributed by atoms with van der Waals surface area (Å²) in [6, 6.07) is 8.00. The van der Waals surface area contributed by atoms with Gasteiger partial charge in [-0.05, 0) is 67.9 Å². The van der Waals surface area contributed by atoms with Gasteiger partial charge in [0.1, 0.15) is 17.6 Å². The third-order valence-corrected chi connectivity index (χ3v) is 7.12. The summed E-state index contributed by atoms with van der Waals surface area (Å²) in [4.78, 5) is 34.3. The number of aromatic nitrogens is 3. The first-order valence-electron chi connectivity index (χ1n) is 12.9. The van der Waals surface area contributed by atoms with E-state index in [9.17, 15) is 19.1 Å². The van der Waals surface area contributed by atoms with E-state index < -0.39 is 6.10 Å². The van der Waals surface area contributed by atoms with Crippen molar-refractivity contribution in [3.8, 4) is 11.3 Å². The molecule has 9 heteroatoms. The molecule has 2 fully saturated rings. The molecule has 2 atom stereocenters. The third kappa shape index (κ3) is 5.37. The molecule has 8 nitrogen and oxygen atoms in total. The van der Waals surface area contributed by atoms with Crippen LogP contribution >= 0.6 is 0 Å². The number of piperazine rings is 1. The summed E-state index contributed by atoms with van der Waals surface area (Å²) in [5.41, 5.74) is 3.37. The molecule has 2 amide bonds. The first-order chi connectivity index (χ1) is 17.5. The van der Waals surface area contributed by atoms with Gasteiger partial charge in [-0.3, -0.25) is 9.59 Å². The molecule has 196 valence electrons. The molecule has 0 radical (unpaired) electrons. The highest BCUT2D eigenvalue weighted by Crippen LogP contribution is 2.42. The average Bonchev–Trinajstić information content (AvgIpc) is 3.60. The number of carbonyl (C=O) groups is 2. The number of amides is 2. The van der Waals surface area contributed by atoms with Crippen molar-refractivity contribution in [2.75, 3.05) is 19.6 Å². The summed E-state index contributed by atoms with van der Waals surface area (Å²) in [5.74, 6) is -0.412. The Morgan fingerprint density at radius 2 is 1.86 bits per heavy atom. The van der Waals surface area contributed by atoms with Gasteiger partial charge in [0.15, 0.2) is 5.65 Å². The monoisotopic (exact) mass is 507 g/mol. The van der Waals surface area contributed by atoms with Crippen molar-refractivity contribution in [3.63, 3.8) is 0 Å². The van der Waals surface area contributed by atoms with Gasteiger partial charge >= 0.3 is 0 Å². The predicted octanol–water partition coefficient (Wildman–Crippen LogP) is 3.88. The van der Waals surface area contributed by atoms with Crippen LogP contribution in [0.15, 0.2) is 36.5 Å². The van der Waals surface area contributed by atoms with E-state index in [0.717, 1.165) is 24.0 Å². The van der Waals surface area contributed by atoms with E-state index in [1.807, 2.05) is 33.8 Å². The largest absolute Gasteiger partial charge is 0.383 e. The number of fused-ring (bicyclic) bond motifs is 1. The van der Waals surface area contributed by atoms with Gasteiger partial charge in [0, 0.05) is 36.8 Å². The van der Waals surface area contributed by atoms with Crippen LogP contribution in [0.5, 0.6) is 0 Å². The molecule has 3 aromatic rings. The molecule has 0 spiro atoms. The summed E-state index contributed by atoms with van der Waals surface area (Å²) in [6.07, 6.45) is 3.12. The maximum Gasteiger partial charge on any atom is 0.274 e. The van der Waals surface area contributed by atoms with Gasteiger partial charge in [-0.15, -0.1) is 0 Å². The highest BCUT2D eigenvalue weighted by Gasteiger charge is 2.35. The van der Waals surface area contributed by atoms with E-state index in [4.69, 9.17) is 0 Å². The quantitative estimate of drug-likeness (QED) is 0.566. The molecular weight excluding hydrogens is 473 g/mol. The summed E-state index contributed by atoms with van der Waals surface area (Å²) in [5, 5.41) is 15.1. The van der Waals surface area contributed by atoms with Gasteiger partial charge in [-0.2, -0.15) is 5.10 Å². The van der Waals surface area contributed by atoms with Crippen LogP contribution in [0.3, 0.4) is 0 Å². The number of aliphatic hydroxyl groups excluding tert-OH is 1. The number of halogens is 1. The summed E-state index contributed by atoms with van der Waals surface area (Å²) in [6.45, 7) is 8.96. The lowest BCUT2D eigenvalue weighted by atomic mass is 9.88. The Bertz CT molecular complexity index is 1330. The number of nitrogens with zero attached hydrogens (tertiary/aromatic N) is 5. The number of aliphatic hydroxyl groups is 1. The fourth-order valence-corrected chi connectivity index (χ4v) is 5.05. The molecule has 1 aromatic carbocycles. The lowest BCUT2D eigenvalue weighted by molar-refractivity contribution is -0.145. The number of rotatable bonds is 5. The smallest absolute Gasteiger partial charge is 0.274 e. The minimum atomic E-state index is -1.05. The van der Waals surface area contributed by atoms with Crippen molar-refractivity contribution < 1.29 is 19.1 Å². The number of hydrogen-bond acceptors (Lipinski definition) is 5. The first kappa shape index (κ1) is 25.3. The fourth-order valence-electron chi connectivity index (χ4n) is 5.05. The second kappa shape index (κ2) is 9.52. The zero-order chi connectivity index (χ0) is 26.5. The van der Waals surface area contributed by atoms with E-state index in [0.29, 0.717) is 49.0 Å². The zero-order valence-electron chi connectivity index (χ0n) is 21.8. The van der Waals surface area contributed by atoms with E-state index in [-0.39, 0.29) is 29.1 Å². The van der Waals surface area contributed by atoms with Gasteiger partial charge in [-0.1, -0.05) is 20.8 Å². The van der Waals surface area contributed by atoms with Crippen LogP contribution in [0.4, 0.5) is 4.39 Å². The molecule has 1 unspecified atom stereocenters. The van der Waals surface area contributed by atoms with Crippen molar-refractivity contribution in [2.24, 2.45) is 5.41 Å². The van der Waals surface area contributed by atoms with E-state index in [2.05, 4.69) is 10.1 Å². The third-order valence-electron chi connectivity index (χ3n) is 7.12. The molecule has 1 aliphatic carbocycles. The molecule has 37 heavy (non-hydrogen) atoms. The van der Waals surface area contributed by atoms with Gasteiger partial charge in [0.2, 0.25) is 0 Å². The van der Waals surface area contributed by atoms with Crippen molar-refractivity contribution in [1.29, 1.82) is 0 Å². The molecule has 1 aliphatic heterocycles. The lowest BCUT2D eigenvalue weighted by Gasteiger charge is -2.40. The minimum absolute atomic E-state index is 0.164. The molecule has 1 saturated heterocycles. The average molecular weight is 508 g/mol. The Kier molecular flexibility index (Phi) is 6.52. The zero-order valence-corrected chi connectivity index (χ0v) is 21.8. The Balaban J connectivity index is 1.35. The van der Waals surface area contributed by atoms with E-state index in [1.54, 1.807) is 32.6 Å². The standard InChI is InChI=1S/C28H34FN5O3/c1-17-15-32(11-12-33(17)27(37)24(35)14-28(2,3)4)26(36)23-16-34-25(30-23)21(18-5-6-18)13-22(31-34)19-7-9-20(29)10-8-19/h7-10,13,16-18,24,35H,5-6,11-12,14-15H2,1-4H3/t17-,24?/m0/s1. The SMILES string of the molecule is C[C@H]1CN(C(=O)c2cn3nc(-c4ccc(F)cc4)cc(C4CC4)c3n2)CCN1C(=O)C(O)CC(C)(C)C. The summed E-state index contributed by atoms with van der Waals surface area (Å²) < 4.78 is 15.1. The number of carbonyl (C=O) groups excluding carboxylic acids is 2. The van der Waals surface area contributed by atoms with Crippen LogP contribution in [-0.2, 0) is 4.79 Å². The van der Waals surface area contributed by atoms with Crippen molar-refractivity contribution in [3.05, 3.63) is 53.6 Å². The van der Waals surface area contributed by atoms with Gasteiger partial charge < -0.3 is 14.9 Å². The van der Waals surface area contributed by atoms with Crippen molar-refractivity contribution in [2.45, 2.75) is 65.0 Å². The minimum Gasteiger partial charge on any atom is -0.383 e.